The predicted octanol–water partition coefficient (Wildman–Crippen LogP) is 3.33. The Morgan fingerprint density at radius 2 is 2.00 bits per heavy atom. The number of H-pyrrole nitrogens is 1. The molecule has 2 heterocycles. The molecule has 132 valence electrons. The number of likely N-dealkylation sites (tertiary alicyclic amines) is 1. The first-order chi connectivity index (χ1) is 11.7. The van der Waals surface area contributed by atoms with E-state index in [4.69, 9.17) is 0 Å². The number of nitrogens with one attached hydrogen (secondary N) is 1. The summed E-state index contributed by atoms with van der Waals surface area (Å²) in [6.45, 7) is 6.17. The molecule has 3 rings (SSSR count). The lowest BCUT2D eigenvalue weighted by Crippen LogP contribution is -2.36. The molecule has 0 atom stereocenters. The van der Waals surface area contributed by atoms with Crippen molar-refractivity contribution >= 4 is 21.6 Å². The Morgan fingerprint density at radius 3 is 2.83 bits per heavy atom. The van der Waals surface area contributed by atoms with Gasteiger partial charge in [-0.2, -0.15) is 0 Å². The first-order valence-electron chi connectivity index (χ1n) is 9.23. The molecular weight excluding hydrogens is 318 g/mol. The maximum Gasteiger partial charge on any atom is 0.305 e. The van der Waals surface area contributed by atoms with Crippen LogP contribution in [0.4, 0.5) is 0 Å². The van der Waals surface area contributed by atoms with Crippen LogP contribution in [-0.2, 0) is 6.42 Å². The van der Waals surface area contributed by atoms with Gasteiger partial charge in [0, 0.05) is 13.1 Å². The summed E-state index contributed by atoms with van der Waals surface area (Å²) < 4.78 is 1.08. The van der Waals surface area contributed by atoms with Crippen LogP contribution in [0.2, 0.25) is 0 Å². The number of piperidine rings is 1. The summed E-state index contributed by atoms with van der Waals surface area (Å²) in [5, 5.41) is 0. The van der Waals surface area contributed by atoms with Gasteiger partial charge in [0.05, 0.1) is 10.2 Å². The Kier molecular flexibility index (Phi) is 6.46. The van der Waals surface area contributed by atoms with Crippen molar-refractivity contribution in [2.24, 2.45) is 0 Å². The number of unbranched alkanes of at least 4 members (excludes halogenated alkanes) is 1. The van der Waals surface area contributed by atoms with Crippen LogP contribution >= 0.6 is 11.3 Å². The van der Waals surface area contributed by atoms with Crippen LogP contribution in [-0.4, -0.2) is 54.6 Å². The van der Waals surface area contributed by atoms with Crippen molar-refractivity contribution in [1.29, 1.82) is 0 Å². The fraction of sp³-hybridized carbons (Fsp3) is 0.632. The highest BCUT2D eigenvalue weighted by molar-refractivity contribution is 7.16. The van der Waals surface area contributed by atoms with Gasteiger partial charge in [0.1, 0.15) is 0 Å². The zero-order valence-electron chi connectivity index (χ0n) is 14.7. The second-order valence-corrected chi connectivity index (χ2v) is 8.02. The normalized spacial score (nSPS) is 16.2. The zero-order chi connectivity index (χ0) is 16.8. The van der Waals surface area contributed by atoms with Gasteiger partial charge in [0.15, 0.2) is 0 Å². The van der Waals surface area contributed by atoms with Gasteiger partial charge in [0.25, 0.3) is 0 Å². The van der Waals surface area contributed by atoms with Crippen LogP contribution in [0.1, 0.15) is 37.7 Å². The SMILES string of the molecule is CN(CCCCc1ccc2[nH]c(=O)sc2c1)CCN1CCCCC1. The Bertz CT molecular complexity index is 687. The molecule has 4 nitrogen and oxygen atoms in total. The molecule has 0 spiro atoms. The van der Waals surface area contributed by atoms with E-state index >= 15 is 0 Å². The van der Waals surface area contributed by atoms with E-state index < -0.39 is 0 Å². The molecule has 0 radical (unpaired) electrons. The highest BCUT2D eigenvalue weighted by Gasteiger charge is 2.10. The molecule has 1 aliphatic heterocycles. The van der Waals surface area contributed by atoms with Crippen LogP contribution in [0.5, 0.6) is 0 Å². The maximum absolute atomic E-state index is 11.4. The minimum absolute atomic E-state index is 0.0393. The summed E-state index contributed by atoms with van der Waals surface area (Å²) in [5.74, 6) is 0. The molecule has 1 aliphatic rings. The van der Waals surface area contributed by atoms with E-state index in [9.17, 15) is 4.79 Å². The van der Waals surface area contributed by atoms with Gasteiger partial charge < -0.3 is 14.8 Å². The third-order valence-corrected chi connectivity index (χ3v) is 5.83. The summed E-state index contributed by atoms with van der Waals surface area (Å²) in [5.41, 5.74) is 2.31. The first-order valence-corrected chi connectivity index (χ1v) is 10.0. The molecule has 0 bridgehead atoms. The Balaban J connectivity index is 1.34. The van der Waals surface area contributed by atoms with Gasteiger partial charge in [-0.25, -0.2) is 0 Å². The molecule has 1 aromatic carbocycles. The molecule has 0 saturated carbocycles. The third-order valence-electron chi connectivity index (χ3n) is 4.99. The Hall–Kier alpha value is -1.17. The number of fused-ring (bicyclic) bond motifs is 1. The summed E-state index contributed by atoms with van der Waals surface area (Å²) in [4.78, 5) is 19.3. The topological polar surface area (TPSA) is 39.3 Å². The van der Waals surface area contributed by atoms with Crippen molar-refractivity contribution in [3.63, 3.8) is 0 Å². The summed E-state index contributed by atoms with van der Waals surface area (Å²) >= 11 is 1.31. The molecule has 1 N–H and O–H groups in total. The van der Waals surface area contributed by atoms with Gasteiger partial charge in [-0.3, -0.25) is 4.79 Å². The molecule has 1 fully saturated rings. The van der Waals surface area contributed by atoms with Crippen LogP contribution in [0, 0.1) is 0 Å². The predicted molar refractivity (Wildman–Crippen MR) is 103 cm³/mol. The first kappa shape index (κ1) is 17.6. The molecule has 0 amide bonds. The lowest BCUT2D eigenvalue weighted by molar-refractivity contribution is 0.195. The smallest absolute Gasteiger partial charge is 0.305 e. The number of hydrogen-bond donors (Lipinski definition) is 1. The molecule has 0 unspecified atom stereocenters. The standard InChI is InChI=1S/C19H29N3OS/c1-21(13-14-22-11-4-2-5-12-22)10-6-3-7-16-8-9-17-18(15-16)24-19(23)20-17/h8-9,15H,2-7,10-14H2,1H3,(H,20,23). The van der Waals surface area contributed by atoms with E-state index in [0.717, 1.165) is 16.6 Å². The average molecular weight is 348 g/mol. The van der Waals surface area contributed by atoms with Crippen molar-refractivity contribution in [1.82, 2.24) is 14.8 Å². The van der Waals surface area contributed by atoms with Gasteiger partial charge in [-0.1, -0.05) is 23.8 Å². The fourth-order valence-corrected chi connectivity index (χ4v) is 4.26. The number of benzene rings is 1. The maximum atomic E-state index is 11.4. The number of thiazole rings is 1. The van der Waals surface area contributed by atoms with E-state index in [1.165, 1.54) is 81.7 Å². The van der Waals surface area contributed by atoms with Gasteiger partial charge in [0.2, 0.25) is 0 Å². The summed E-state index contributed by atoms with van der Waals surface area (Å²) in [7, 11) is 2.24. The molecule has 24 heavy (non-hydrogen) atoms. The van der Waals surface area contributed by atoms with Crippen molar-refractivity contribution < 1.29 is 0 Å². The lowest BCUT2D eigenvalue weighted by Gasteiger charge is -2.28. The highest BCUT2D eigenvalue weighted by Crippen LogP contribution is 2.17. The second-order valence-electron chi connectivity index (χ2n) is 7.01. The number of nitrogens with zero attached hydrogens (tertiary/aromatic N) is 2. The number of hydrogen-bond acceptors (Lipinski definition) is 4. The monoisotopic (exact) mass is 347 g/mol. The Morgan fingerprint density at radius 1 is 1.17 bits per heavy atom. The van der Waals surface area contributed by atoms with E-state index in [2.05, 4.69) is 34.0 Å². The molecule has 1 saturated heterocycles. The van der Waals surface area contributed by atoms with E-state index in [1.807, 2.05) is 6.07 Å². The Labute approximate surface area is 148 Å². The molecule has 1 aromatic heterocycles. The van der Waals surface area contributed by atoms with Crippen LogP contribution in [0.25, 0.3) is 10.2 Å². The largest absolute Gasteiger partial charge is 0.312 e. The summed E-state index contributed by atoms with van der Waals surface area (Å²) in [6, 6.07) is 6.34. The number of likely N-dealkylation sites (N-methyl/N-ethyl adjacent to an activating group) is 1. The molecule has 5 heteroatoms. The summed E-state index contributed by atoms with van der Waals surface area (Å²) in [6.07, 6.45) is 7.71. The number of aryl methyl sites for hydroxylation is 1. The van der Waals surface area contributed by atoms with Gasteiger partial charge in [-0.15, -0.1) is 0 Å². The lowest BCUT2D eigenvalue weighted by atomic mass is 10.1. The number of aromatic nitrogens is 1. The average Bonchev–Trinajstić information content (AvgIpc) is 2.97. The second kappa shape index (κ2) is 8.79. The quantitative estimate of drug-likeness (QED) is 0.745. The molecule has 0 aliphatic carbocycles. The minimum Gasteiger partial charge on any atom is -0.312 e. The number of aromatic amines is 1. The van der Waals surface area contributed by atoms with E-state index in [-0.39, 0.29) is 4.87 Å². The van der Waals surface area contributed by atoms with Gasteiger partial charge >= 0.3 is 4.87 Å². The van der Waals surface area contributed by atoms with Crippen molar-refractivity contribution in [2.75, 3.05) is 39.8 Å². The van der Waals surface area contributed by atoms with Crippen LogP contribution < -0.4 is 4.87 Å². The van der Waals surface area contributed by atoms with Crippen molar-refractivity contribution in [3.8, 4) is 0 Å². The number of rotatable bonds is 8. The highest BCUT2D eigenvalue weighted by atomic mass is 32.1. The third kappa shape index (κ3) is 5.16. The molecule has 2 aromatic rings. The van der Waals surface area contributed by atoms with Crippen LogP contribution in [0.15, 0.2) is 23.0 Å². The van der Waals surface area contributed by atoms with E-state index in [0.29, 0.717) is 0 Å². The van der Waals surface area contributed by atoms with Crippen molar-refractivity contribution in [2.45, 2.75) is 38.5 Å². The van der Waals surface area contributed by atoms with Gasteiger partial charge in [-0.05, 0) is 76.5 Å². The molecular formula is C19H29N3OS. The minimum atomic E-state index is 0.0393. The zero-order valence-corrected chi connectivity index (χ0v) is 15.5. The van der Waals surface area contributed by atoms with E-state index in [1.54, 1.807) is 0 Å². The van der Waals surface area contributed by atoms with Crippen molar-refractivity contribution in [3.05, 3.63) is 33.4 Å². The van der Waals surface area contributed by atoms with Crippen LogP contribution in [0.3, 0.4) is 0 Å². The fourth-order valence-electron chi connectivity index (χ4n) is 3.46.